The van der Waals surface area contributed by atoms with Gasteiger partial charge in [0.1, 0.15) is 0 Å². The van der Waals surface area contributed by atoms with Gasteiger partial charge in [0.15, 0.2) is 5.82 Å². The lowest BCUT2D eigenvalue weighted by atomic mass is 10.0. The highest BCUT2D eigenvalue weighted by atomic mass is 16.5. The molecule has 0 aliphatic heterocycles. The van der Waals surface area contributed by atoms with Crippen LogP contribution in [0.2, 0.25) is 0 Å². The number of nitrogens with two attached hydrogens (primary N) is 1. The van der Waals surface area contributed by atoms with Crippen LogP contribution >= 0.6 is 0 Å². The summed E-state index contributed by atoms with van der Waals surface area (Å²) in [4.78, 5) is 4.38. The molecule has 1 atom stereocenters. The maximum atomic E-state index is 6.03. The minimum absolute atomic E-state index is 0.167. The largest absolute Gasteiger partial charge is 0.338 e. The number of hydrogen-bond donors (Lipinski definition) is 1. The fourth-order valence-corrected chi connectivity index (χ4v) is 1.99. The monoisotopic (exact) mass is 259 g/mol. The highest BCUT2D eigenvalue weighted by Gasteiger charge is 2.16. The molecule has 0 radical (unpaired) electrons. The first kappa shape index (κ1) is 13.7. The first-order valence-corrected chi connectivity index (χ1v) is 6.68. The maximum absolute atomic E-state index is 6.03. The Balaban J connectivity index is 2.02. The summed E-state index contributed by atoms with van der Waals surface area (Å²) in [7, 11) is 0. The highest BCUT2D eigenvalue weighted by molar-refractivity contribution is 5.23. The molecular formula is C15H21N3O. The number of rotatable bonds is 5. The molecule has 102 valence electrons. The summed E-state index contributed by atoms with van der Waals surface area (Å²) in [6.07, 6.45) is 1.53. The van der Waals surface area contributed by atoms with Crippen molar-refractivity contribution in [1.82, 2.24) is 10.1 Å². The molecule has 0 aliphatic carbocycles. The van der Waals surface area contributed by atoms with Crippen molar-refractivity contribution in [2.24, 2.45) is 11.7 Å². The average Bonchev–Trinajstić information content (AvgIpc) is 2.80. The first-order valence-electron chi connectivity index (χ1n) is 6.68. The SMILES string of the molecule is Cc1ccc(Cc2noc(C(N)CC(C)C)n2)cc1. The van der Waals surface area contributed by atoms with Gasteiger partial charge in [-0.05, 0) is 24.8 Å². The van der Waals surface area contributed by atoms with E-state index in [0.29, 0.717) is 24.1 Å². The van der Waals surface area contributed by atoms with Gasteiger partial charge in [0.2, 0.25) is 5.89 Å². The van der Waals surface area contributed by atoms with E-state index in [-0.39, 0.29) is 6.04 Å². The lowest BCUT2D eigenvalue weighted by molar-refractivity contribution is 0.333. The standard InChI is InChI=1S/C15H21N3O/c1-10(2)8-13(16)15-17-14(18-19-15)9-12-6-4-11(3)5-7-12/h4-7,10,13H,8-9,16H2,1-3H3. The van der Waals surface area contributed by atoms with Crippen molar-refractivity contribution in [3.05, 3.63) is 47.1 Å². The molecule has 1 unspecified atom stereocenters. The van der Waals surface area contributed by atoms with Crippen LogP contribution in [-0.2, 0) is 6.42 Å². The normalized spacial score (nSPS) is 12.9. The second kappa shape index (κ2) is 5.97. The number of aryl methyl sites for hydroxylation is 1. The van der Waals surface area contributed by atoms with Crippen molar-refractivity contribution in [3.8, 4) is 0 Å². The molecule has 0 saturated carbocycles. The van der Waals surface area contributed by atoms with Gasteiger partial charge in [0.05, 0.1) is 6.04 Å². The number of benzene rings is 1. The second-order valence-corrected chi connectivity index (χ2v) is 5.45. The van der Waals surface area contributed by atoms with E-state index in [0.717, 1.165) is 6.42 Å². The van der Waals surface area contributed by atoms with Gasteiger partial charge in [0.25, 0.3) is 0 Å². The minimum Gasteiger partial charge on any atom is -0.338 e. The Morgan fingerprint density at radius 2 is 1.89 bits per heavy atom. The van der Waals surface area contributed by atoms with Gasteiger partial charge < -0.3 is 10.3 Å². The van der Waals surface area contributed by atoms with E-state index in [4.69, 9.17) is 10.3 Å². The molecular weight excluding hydrogens is 238 g/mol. The van der Waals surface area contributed by atoms with Crippen LogP contribution in [0.4, 0.5) is 0 Å². The van der Waals surface area contributed by atoms with Gasteiger partial charge in [-0.1, -0.05) is 48.8 Å². The summed E-state index contributed by atoms with van der Waals surface area (Å²) in [6, 6.07) is 8.17. The lowest BCUT2D eigenvalue weighted by Gasteiger charge is -2.08. The Hall–Kier alpha value is -1.68. The first-order chi connectivity index (χ1) is 9.04. The highest BCUT2D eigenvalue weighted by Crippen LogP contribution is 2.17. The van der Waals surface area contributed by atoms with E-state index < -0.39 is 0 Å². The molecule has 0 spiro atoms. The molecule has 19 heavy (non-hydrogen) atoms. The molecule has 1 aromatic carbocycles. The Morgan fingerprint density at radius 1 is 1.21 bits per heavy atom. The van der Waals surface area contributed by atoms with Crippen LogP contribution in [0.25, 0.3) is 0 Å². The predicted octanol–water partition coefficient (Wildman–Crippen LogP) is 3.01. The van der Waals surface area contributed by atoms with Crippen LogP contribution in [0.15, 0.2) is 28.8 Å². The molecule has 0 fully saturated rings. The molecule has 2 rings (SSSR count). The third-order valence-corrected chi connectivity index (χ3v) is 3.01. The van der Waals surface area contributed by atoms with Crippen molar-refractivity contribution in [2.45, 2.75) is 39.7 Å². The van der Waals surface area contributed by atoms with Crippen LogP contribution in [0, 0.1) is 12.8 Å². The molecule has 0 amide bonds. The van der Waals surface area contributed by atoms with E-state index in [9.17, 15) is 0 Å². The summed E-state index contributed by atoms with van der Waals surface area (Å²) in [5, 5.41) is 4.00. The number of hydrogen-bond acceptors (Lipinski definition) is 4. The number of aromatic nitrogens is 2. The van der Waals surface area contributed by atoms with E-state index in [1.54, 1.807) is 0 Å². The third kappa shape index (κ3) is 3.89. The zero-order valence-corrected chi connectivity index (χ0v) is 11.8. The summed E-state index contributed by atoms with van der Waals surface area (Å²) in [6.45, 7) is 6.33. The summed E-state index contributed by atoms with van der Waals surface area (Å²) < 4.78 is 5.24. The van der Waals surface area contributed by atoms with Crippen LogP contribution in [-0.4, -0.2) is 10.1 Å². The van der Waals surface area contributed by atoms with Crippen molar-refractivity contribution in [3.63, 3.8) is 0 Å². The molecule has 1 heterocycles. The summed E-state index contributed by atoms with van der Waals surface area (Å²) in [5.74, 6) is 1.75. The fraction of sp³-hybridized carbons (Fsp3) is 0.467. The molecule has 4 nitrogen and oxygen atoms in total. The van der Waals surface area contributed by atoms with E-state index in [2.05, 4.69) is 55.2 Å². The Labute approximate surface area is 114 Å². The van der Waals surface area contributed by atoms with Crippen molar-refractivity contribution >= 4 is 0 Å². The molecule has 0 aliphatic rings. The fourth-order valence-electron chi connectivity index (χ4n) is 1.99. The van der Waals surface area contributed by atoms with Crippen LogP contribution in [0.3, 0.4) is 0 Å². The Morgan fingerprint density at radius 3 is 2.53 bits per heavy atom. The molecule has 0 bridgehead atoms. The smallest absolute Gasteiger partial charge is 0.243 e. The molecule has 2 N–H and O–H groups in total. The van der Waals surface area contributed by atoms with Gasteiger partial charge in [-0.3, -0.25) is 0 Å². The van der Waals surface area contributed by atoms with E-state index in [1.807, 2.05) is 0 Å². The molecule has 2 aromatic rings. The summed E-state index contributed by atoms with van der Waals surface area (Å²) in [5.41, 5.74) is 8.45. The molecule has 4 heteroatoms. The van der Waals surface area contributed by atoms with Crippen molar-refractivity contribution < 1.29 is 4.52 Å². The zero-order chi connectivity index (χ0) is 13.8. The zero-order valence-electron chi connectivity index (χ0n) is 11.8. The van der Waals surface area contributed by atoms with Gasteiger partial charge in [-0.2, -0.15) is 4.98 Å². The number of nitrogens with zero attached hydrogens (tertiary/aromatic N) is 2. The van der Waals surface area contributed by atoms with E-state index in [1.165, 1.54) is 11.1 Å². The predicted molar refractivity (Wildman–Crippen MR) is 74.7 cm³/mol. The van der Waals surface area contributed by atoms with Gasteiger partial charge in [-0.25, -0.2) is 0 Å². The quantitative estimate of drug-likeness (QED) is 0.896. The topological polar surface area (TPSA) is 64.9 Å². The molecule has 0 saturated heterocycles. The third-order valence-electron chi connectivity index (χ3n) is 3.01. The van der Waals surface area contributed by atoms with Crippen molar-refractivity contribution in [1.29, 1.82) is 0 Å². The van der Waals surface area contributed by atoms with Crippen LogP contribution < -0.4 is 5.73 Å². The second-order valence-electron chi connectivity index (χ2n) is 5.45. The van der Waals surface area contributed by atoms with Crippen molar-refractivity contribution in [2.75, 3.05) is 0 Å². The minimum atomic E-state index is -0.167. The van der Waals surface area contributed by atoms with Gasteiger partial charge in [-0.15, -0.1) is 0 Å². The van der Waals surface area contributed by atoms with Crippen LogP contribution in [0.5, 0.6) is 0 Å². The molecule has 1 aromatic heterocycles. The van der Waals surface area contributed by atoms with Gasteiger partial charge >= 0.3 is 0 Å². The lowest BCUT2D eigenvalue weighted by Crippen LogP contribution is -2.13. The van der Waals surface area contributed by atoms with Crippen LogP contribution in [0.1, 0.15) is 49.2 Å². The van der Waals surface area contributed by atoms with Gasteiger partial charge in [0, 0.05) is 6.42 Å². The van der Waals surface area contributed by atoms with E-state index >= 15 is 0 Å². The Kier molecular flexibility index (Phi) is 4.32. The Bertz CT molecular complexity index is 516. The maximum Gasteiger partial charge on any atom is 0.243 e. The average molecular weight is 259 g/mol. The summed E-state index contributed by atoms with van der Waals surface area (Å²) >= 11 is 0.